The quantitative estimate of drug-likeness (QED) is 0.510. The summed E-state index contributed by atoms with van der Waals surface area (Å²) >= 11 is 0. The molecule has 2 aliphatic rings. The zero-order valence-corrected chi connectivity index (χ0v) is 19.6. The maximum absolute atomic E-state index is 13.2. The fourth-order valence-electron chi connectivity index (χ4n) is 4.48. The van der Waals surface area contributed by atoms with Gasteiger partial charge in [0.1, 0.15) is 5.82 Å². The molecule has 36 heavy (non-hydrogen) atoms. The molecular formula is C25H27F3N6O2. The van der Waals surface area contributed by atoms with Crippen LogP contribution in [0.15, 0.2) is 42.7 Å². The first-order valence-corrected chi connectivity index (χ1v) is 12.0. The molecule has 1 unspecified atom stereocenters. The van der Waals surface area contributed by atoms with Crippen LogP contribution in [0.1, 0.15) is 47.1 Å². The van der Waals surface area contributed by atoms with Crippen LogP contribution >= 0.6 is 0 Å². The van der Waals surface area contributed by atoms with E-state index in [2.05, 4.69) is 30.5 Å². The van der Waals surface area contributed by atoms with Gasteiger partial charge >= 0.3 is 6.18 Å². The van der Waals surface area contributed by atoms with E-state index in [1.54, 1.807) is 12.1 Å². The Morgan fingerprint density at radius 2 is 1.86 bits per heavy atom. The Labute approximate surface area is 206 Å². The van der Waals surface area contributed by atoms with Gasteiger partial charge in [-0.3, -0.25) is 9.69 Å². The Morgan fingerprint density at radius 3 is 2.53 bits per heavy atom. The molecule has 1 saturated carbocycles. The predicted molar refractivity (Wildman–Crippen MR) is 128 cm³/mol. The van der Waals surface area contributed by atoms with Crippen molar-refractivity contribution in [2.45, 2.75) is 37.5 Å². The summed E-state index contributed by atoms with van der Waals surface area (Å²) in [6, 6.07) is 9.23. The molecule has 1 saturated heterocycles. The Kier molecular flexibility index (Phi) is 7.01. The van der Waals surface area contributed by atoms with Gasteiger partial charge in [0.05, 0.1) is 24.8 Å². The van der Waals surface area contributed by atoms with Crippen molar-refractivity contribution in [3.63, 3.8) is 0 Å². The summed E-state index contributed by atoms with van der Waals surface area (Å²) in [6.07, 6.45) is 1.24. The minimum atomic E-state index is -4.61. The molecule has 1 aromatic carbocycles. The number of pyridine rings is 1. The molecule has 5 rings (SSSR count). The summed E-state index contributed by atoms with van der Waals surface area (Å²) in [5.74, 6) is -0.682. The van der Waals surface area contributed by atoms with Crippen LogP contribution in [0.3, 0.4) is 0 Å². The maximum Gasteiger partial charge on any atom is 0.451 e. The molecule has 190 valence electrons. The lowest BCUT2D eigenvalue weighted by Gasteiger charge is -2.34. The molecule has 2 aromatic heterocycles. The number of alkyl halides is 3. The first-order chi connectivity index (χ1) is 17.4. The molecule has 0 spiro atoms. The number of morpholine rings is 1. The fourth-order valence-corrected chi connectivity index (χ4v) is 4.48. The Morgan fingerprint density at radius 1 is 1.11 bits per heavy atom. The number of anilines is 1. The number of nitrogens with zero attached hydrogens (tertiary/aromatic N) is 4. The van der Waals surface area contributed by atoms with E-state index in [0.717, 1.165) is 24.0 Å². The number of hydrogen-bond acceptors (Lipinski definition) is 7. The third kappa shape index (κ3) is 5.41. The zero-order chi connectivity index (χ0) is 25.1. The van der Waals surface area contributed by atoms with E-state index in [9.17, 15) is 18.0 Å². The van der Waals surface area contributed by atoms with E-state index in [4.69, 9.17) is 4.74 Å². The number of carbonyl (C=O) groups excluding carboxylic acids is 1. The summed E-state index contributed by atoms with van der Waals surface area (Å²) < 4.78 is 44.2. The van der Waals surface area contributed by atoms with Crippen LogP contribution in [-0.4, -0.2) is 64.6 Å². The van der Waals surface area contributed by atoms with Crippen molar-refractivity contribution >= 4 is 22.6 Å². The summed E-state index contributed by atoms with van der Waals surface area (Å²) in [4.78, 5) is 26.9. The topological polar surface area (TPSA) is 92.3 Å². The first kappa shape index (κ1) is 24.4. The Hall–Kier alpha value is -3.31. The van der Waals surface area contributed by atoms with Crippen molar-refractivity contribution in [3.05, 3.63) is 59.7 Å². The van der Waals surface area contributed by atoms with Gasteiger partial charge in [-0.15, -0.1) is 0 Å². The SMILES string of the molecule is O=C(NCC(c1cnc(C(F)(F)F)nc1)N1CCOCC1)c1cccc2nc(NC3CCC3)ccc12. The van der Waals surface area contributed by atoms with E-state index in [1.807, 2.05) is 18.2 Å². The number of hydrogen-bond donors (Lipinski definition) is 2. The monoisotopic (exact) mass is 500 g/mol. The summed E-state index contributed by atoms with van der Waals surface area (Å²) in [6.45, 7) is 2.34. The van der Waals surface area contributed by atoms with Crippen molar-refractivity contribution in [2.24, 2.45) is 0 Å². The number of ether oxygens (including phenoxy) is 1. The Bertz CT molecular complexity index is 1210. The molecule has 1 amide bonds. The minimum Gasteiger partial charge on any atom is -0.379 e. The van der Waals surface area contributed by atoms with Gasteiger partial charge in [0.15, 0.2) is 0 Å². The van der Waals surface area contributed by atoms with Crippen LogP contribution in [0, 0.1) is 0 Å². The number of halogens is 3. The van der Waals surface area contributed by atoms with Crippen molar-refractivity contribution < 1.29 is 22.7 Å². The number of nitrogens with one attached hydrogen (secondary N) is 2. The van der Waals surface area contributed by atoms with Crippen LogP contribution in [0.5, 0.6) is 0 Å². The van der Waals surface area contributed by atoms with Gasteiger partial charge in [-0.1, -0.05) is 6.07 Å². The highest BCUT2D eigenvalue weighted by Crippen LogP contribution is 2.28. The average Bonchev–Trinajstić information content (AvgIpc) is 2.86. The third-order valence-electron chi connectivity index (χ3n) is 6.69. The molecule has 2 fully saturated rings. The van der Waals surface area contributed by atoms with Gasteiger partial charge in [0.2, 0.25) is 5.82 Å². The third-order valence-corrected chi connectivity index (χ3v) is 6.69. The van der Waals surface area contributed by atoms with Crippen LogP contribution in [0.2, 0.25) is 0 Å². The molecule has 11 heteroatoms. The smallest absolute Gasteiger partial charge is 0.379 e. The van der Waals surface area contributed by atoms with E-state index >= 15 is 0 Å². The second kappa shape index (κ2) is 10.4. The van der Waals surface area contributed by atoms with Crippen LogP contribution in [0.4, 0.5) is 19.0 Å². The second-order valence-corrected chi connectivity index (χ2v) is 9.05. The number of rotatable bonds is 7. The van der Waals surface area contributed by atoms with Crippen LogP contribution in [-0.2, 0) is 10.9 Å². The van der Waals surface area contributed by atoms with Gasteiger partial charge < -0.3 is 15.4 Å². The Balaban J connectivity index is 1.33. The van der Waals surface area contributed by atoms with Crippen molar-refractivity contribution in [3.8, 4) is 0 Å². The molecule has 2 N–H and O–H groups in total. The highest BCUT2D eigenvalue weighted by Gasteiger charge is 2.35. The lowest BCUT2D eigenvalue weighted by atomic mass is 9.93. The highest BCUT2D eigenvalue weighted by atomic mass is 19.4. The predicted octanol–water partition coefficient (Wildman–Crippen LogP) is 3.81. The van der Waals surface area contributed by atoms with Gasteiger partial charge in [0, 0.05) is 54.6 Å². The highest BCUT2D eigenvalue weighted by molar-refractivity contribution is 6.06. The molecule has 3 heterocycles. The number of aromatic nitrogens is 3. The van der Waals surface area contributed by atoms with E-state index in [-0.39, 0.29) is 12.5 Å². The maximum atomic E-state index is 13.2. The molecule has 0 radical (unpaired) electrons. The molecule has 8 nitrogen and oxygen atoms in total. The molecule has 1 aliphatic carbocycles. The van der Waals surface area contributed by atoms with Crippen LogP contribution in [0.25, 0.3) is 10.9 Å². The van der Waals surface area contributed by atoms with Crippen molar-refractivity contribution in [1.82, 2.24) is 25.2 Å². The standard InChI is InChI=1S/C25H27F3N6O2/c26-25(27,28)24-30-13-16(14-31-24)21(34-9-11-36-12-10-34)15-29-23(35)19-5-2-6-20-18(19)7-8-22(33-20)32-17-3-1-4-17/h2,5-8,13-14,17,21H,1,3-4,9-12,15H2,(H,29,35)(H,32,33). The lowest BCUT2D eigenvalue weighted by Crippen LogP contribution is -2.44. The summed E-state index contributed by atoms with van der Waals surface area (Å²) in [5, 5.41) is 7.10. The summed E-state index contributed by atoms with van der Waals surface area (Å²) in [7, 11) is 0. The number of amides is 1. The van der Waals surface area contributed by atoms with Crippen LogP contribution < -0.4 is 10.6 Å². The minimum absolute atomic E-state index is 0.179. The largest absolute Gasteiger partial charge is 0.451 e. The molecule has 3 aromatic rings. The van der Waals surface area contributed by atoms with E-state index in [0.29, 0.717) is 49.0 Å². The molecule has 1 atom stereocenters. The van der Waals surface area contributed by atoms with Crippen molar-refractivity contribution in [1.29, 1.82) is 0 Å². The molecular weight excluding hydrogens is 473 g/mol. The van der Waals surface area contributed by atoms with E-state index in [1.165, 1.54) is 18.8 Å². The number of benzene rings is 1. The molecule has 0 bridgehead atoms. The van der Waals surface area contributed by atoms with Crippen molar-refractivity contribution in [2.75, 3.05) is 38.2 Å². The normalized spacial score (nSPS) is 18.0. The zero-order valence-electron chi connectivity index (χ0n) is 19.6. The fraction of sp³-hybridized carbons (Fsp3) is 0.440. The van der Waals surface area contributed by atoms with Gasteiger partial charge in [-0.05, 0) is 43.5 Å². The molecule has 1 aliphatic heterocycles. The van der Waals surface area contributed by atoms with E-state index < -0.39 is 18.0 Å². The lowest BCUT2D eigenvalue weighted by molar-refractivity contribution is -0.145. The van der Waals surface area contributed by atoms with Gasteiger partial charge in [-0.25, -0.2) is 15.0 Å². The number of carbonyl (C=O) groups is 1. The van der Waals surface area contributed by atoms with Gasteiger partial charge in [0.25, 0.3) is 5.91 Å². The summed E-state index contributed by atoms with van der Waals surface area (Å²) in [5.41, 5.74) is 1.70. The first-order valence-electron chi connectivity index (χ1n) is 12.0. The average molecular weight is 501 g/mol. The van der Waals surface area contributed by atoms with Gasteiger partial charge in [-0.2, -0.15) is 13.2 Å². The second-order valence-electron chi connectivity index (χ2n) is 9.05. The number of fused-ring (bicyclic) bond motifs is 1.